The van der Waals surface area contributed by atoms with E-state index < -0.39 is 23.8 Å². The van der Waals surface area contributed by atoms with Crippen molar-refractivity contribution in [1.82, 2.24) is 0 Å². The van der Waals surface area contributed by atoms with E-state index in [2.05, 4.69) is 21.2 Å². The van der Waals surface area contributed by atoms with Gasteiger partial charge in [-0.25, -0.2) is 9.18 Å². The molecule has 0 aromatic heterocycles. The molecule has 0 unspecified atom stereocenters. The van der Waals surface area contributed by atoms with Gasteiger partial charge in [-0.2, -0.15) is 0 Å². The first-order chi connectivity index (χ1) is 10.9. The molecule has 5 nitrogen and oxygen atoms in total. The van der Waals surface area contributed by atoms with E-state index in [-0.39, 0.29) is 16.9 Å². The zero-order valence-corrected chi connectivity index (χ0v) is 13.8. The lowest BCUT2D eigenvalue weighted by atomic mass is 10.2. The number of carbonyl (C=O) groups is 2. The first-order valence-electron chi connectivity index (χ1n) is 6.69. The molecule has 0 saturated heterocycles. The lowest BCUT2D eigenvalue weighted by Crippen LogP contribution is -2.30. The van der Waals surface area contributed by atoms with Crippen molar-refractivity contribution < 1.29 is 18.7 Å². The van der Waals surface area contributed by atoms with Gasteiger partial charge in [0.2, 0.25) is 0 Å². The Morgan fingerprint density at radius 3 is 2.70 bits per heavy atom. The van der Waals surface area contributed by atoms with Crippen LogP contribution in [0.3, 0.4) is 0 Å². The Kier molecular flexibility index (Phi) is 5.33. The lowest BCUT2D eigenvalue weighted by molar-refractivity contribution is -0.123. The predicted molar refractivity (Wildman–Crippen MR) is 88.5 cm³/mol. The lowest BCUT2D eigenvalue weighted by Gasteiger charge is -2.14. The summed E-state index contributed by atoms with van der Waals surface area (Å²) in [6, 6.07) is 10.2. The van der Waals surface area contributed by atoms with E-state index in [0.29, 0.717) is 4.47 Å². The average Bonchev–Trinajstić information content (AvgIpc) is 2.49. The molecule has 0 aliphatic heterocycles. The second kappa shape index (κ2) is 7.23. The van der Waals surface area contributed by atoms with Gasteiger partial charge in [0.25, 0.3) is 5.91 Å². The fourth-order valence-electron chi connectivity index (χ4n) is 1.79. The summed E-state index contributed by atoms with van der Waals surface area (Å²) in [5.41, 5.74) is 6.40. The van der Waals surface area contributed by atoms with Gasteiger partial charge in [-0.15, -0.1) is 0 Å². The van der Waals surface area contributed by atoms with Gasteiger partial charge in [-0.3, -0.25) is 4.79 Å². The van der Waals surface area contributed by atoms with Crippen molar-refractivity contribution in [2.24, 2.45) is 0 Å². The number of nitrogen functional groups attached to an aromatic ring is 1. The third-order valence-electron chi connectivity index (χ3n) is 2.98. The monoisotopic (exact) mass is 380 g/mol. The standard InChI is InChI=1S/C16H14BrFN2O3/c1-9(15(21)20-12-4-2-3-11(18)8-12)23-16(22)13-7-10(17)5-6-14(13)19/h2-9H,19H2,1H3,(H,20,21)/t9-/m0/s1. The van der Waals surface area contributed by atoms with E-state index in [9.17, 15) is 14.0 Å². The molecule has 0 aliphatic rings. The van der Waals surface area contributed by atoms with Gasteiger partial charge in [0.05, 0.1) is 5.56 Å². The molecule has 2 aromatic carbocycles. The molecule has 1 amide bonds. The maximum atomic E-state index is 13.1. The number of amides is 1. The summed E-state index contributed by atoms with van der Waals surface area (Å²) in [7, 11) is 0. The van der Waals surface area contributed by atoms with E-state index in [1.165, 1.54) is 37.3 Å². The Morgan fingerprint density at radius 1 is 1.26 bits per heavy atom. The first kappa shape index (κ1) is 17.0. The van der Waals surface area contributed by atoms with Gasteiger partial charge in [-0.05, 0) is 43.3 Å². The molecule has 23 heavy (non-hydrogen) atoms. The Labute approximate surface area is 140 Å². The van der Waals surface area contributed by atoms with Crippen molar-refractivity contribution in [3.8, 4) is 0 Å². The van der Waals surface area contributed by atoms with E-state index in [0.717, 1.165) is 0 Å². The molecule has 0 radical (unpaired) electrons. The van der Waals surface area contributed by atoms with Crippen LogP contribution in [0.15, 0.2) is 46.9 Å². The Balaban J connectivity index is 2.03. The summed E-state index contributed by atoms with van der Waals surface area (Å²) in [5.74, 6) is -1.77. The fraction of sp³-hybridized carbons (Fsp3) is 0.125. The van der Waals surface area contributed by atoms with Crippen molar-refractivity contribution in [3.63, 3.8) is 0 Å². The summed E-state index contributed by atoms with van der Waals surface area (Å²) in [6.45, 7) is 1.42. The molecule has 0 heterocycles. The number of halogens is 2. The van der Waals surface area contributed by atoms with Gasteiger partial charge in [0.1, 0.15) is 5.82 Å². The van der Waals surface area contributed by atoms with Gasteiger partial charge in [0.15, 0.2) is 6.10 Å². The Hall–Kier alpha value is -2.41. The number of benzene rings is 2. The molecule has 3 N–H and O–H groups in total. The molecule has 2 rings (SSSR count). The molecule has 0 saturated carbocycles. The van der Waals surface area contributed by atoms with E-state index >= 15 is 0 Å². The number of rotatable bonds is 4. The van der Waals surface area contributed by atoms with E-state index in [1.54, 1.807) is 12.1 Å². The van der Waals surface area contributed by atoms with Crippen LogP contribution >= 0.6 is 15.9 Å². The summed E-state index contributed by atoms with van der Waals surface area (Å²) in [5, 5.41) is 2.47. The van der Waals surface area contributed by atoms with Crippen LogP contribution in [0.2, 0.25) is 0 Å². The normalized spacial score (nSPS) is 11.6. The van der Waals surface area contributed by atoms with Crippen molar-refractivity contribution in [2.75, 3.05) is 11.1 Å². The quantitative estimate of drug-likeness (QED) is 0.629. The maximum Gasteiger partial charge on any atom is 0.341 e. The van der Waals surface area contributed by atoms with Crippen LogP contribution in [-0.4, -0.2) is 18.0 Å². The summed E-state index contributed by atoms with van der Waals surface area (Å²) in [4.78, 5) is 24.1. The van der Waals surface area contributed by atoms with Crippen LogP contribution < -0.4 is 11.1 Å². The first-order valence-corrected chi connectivity index (χ1v) is 7.48. The molecule has 0 spiro atoms. The average molecular weight is 381 g/mol. The van der Waals surface area contributed by atoms with Crippen LogP contribution in [-0.2, 0) is 9.53 Å². The highest BCUT2D eigenvalue weighted by atomic mass is 79.9. The number of nitrogens with two attached hydrogens (primary N) is 1. The SMILES string of the molecule is C[C@H](OC(=O)c1cc(Br)ccc1N)C(=O)Nc1cccc(F)c1. The highest BCUT2D eigenvalue weighted by molar-refractivity contribution is 9.10. The van der Waals surface area contributed by atoms with Crippen LogP contribution in [0, 0.1) is 5.82 Å². The number of anilines is 2. The van der Waals surface area contributed by atoms with E-state index in [1.807, 2.05) is 0 Å². The molecule has 120 valence electrons. The number of ether oxygens (including phenoxy) is 1. The third-order valence-corrected chi connectivity index (χ3v) is 3.47. The second-order valence-corrected chi connectivity index (χ2v) is 5.69. The molecule has 0 fully saturated rings. The zero-order chi connectivity index (χ0) is 17.0. The number of esters is 1. The predicted octanol–water partition coefficient (Wildman–Crippen LogP) is 3.35. The van der Waals surface area contributed by atoms with Crippen LogP contribution in [0.25, 0.3) is 0 Å². The van der Waals surface area contributed by atoms with E-state index in [4.69, 9.17) is 10.5 Å². The maximum absolute atomic E-state index is 13.1. The summed E-state index contributed by atoms with van der Waals surface area (Å²) in [6.07, 6.45) is -1.07. The number of hydrogen-bond donors (Lipinski definition) is 2. The van der Waals surface area contributed by atoms with Crippen LogP contribution in [0.5, 0.6) is 0 Å². The van der Waals surface area contributed by atoms with Gasteiger partial charge < -0.3 is 15.8 Å². The fourth-order valence-corrected chi connectivity index (χ4v) is 2.15. The Morgan fingerprint density at radius 2 is 2.00 bits per heavy atom. The minimum absolute atomic E-state index is 0.157. The van der Waals surface area contributed by atoms with Crippen molar-refractivity contribution in [2.45, 2.75) is 13.0 Å². The number of nitrogens with one attached hydrogen (secondary N) is 1. The number of carbonyl (C=O) groups excluding carboxylic acids is 2. The molecular formula is C16H14BrFN2O3. The van der Waals surface area contributed by atoms with Crippen molar-refractivity contribution >= 4 is 39.2 Å². The molecule has 2 aromatic rings. The highest BCUT2D eigenvalue weighted by Gasteiger charge is 2.20. The largest absolute Gasteiger partial charge is 0.449 e. The summed E-state index contributed by atoms with van der Waals surface area (Å²) >= 11 is 3.23. The second-order valence-electron chi connectivity index (χ2n) is 4.78. The Bertz CT molecular complexity index is 752. The van der Waals surface area contributed by atoms with Gasteiger partial charge in [0, 0.05) is 15.8 Å². The molecule has 7 heteroatoms. The number of hydrogen-bond acceptors (Lipinski definition) is 4. The molecular weight excluding hydrogens is 367 g/mol. The summed E-state index contributed by atoms with van der Waals surface area (Å²) < 4.78 is 18.8. The minimum Gasteiger partial charge on any atom is -0.449 e. The zero-order valence-electron chi connectivity index (χ0n) is 12.2. The minimum atomic E-state index is -1.07. The van der Waals surface area contributed by atoms with Crippen LogP contribution in [0.4, 0.5) is 15.8 Å². The van der Waals surface area contributed by atoms with Gasteiger partial charge in [-0.1, -0.05) is 22.0 Å². The molecule has 0 aliphatic carbocycles. The van der Waals surface area contributed by atoms with Gasteiger partial charge >= 0.3 is 5.97 Å². The molecule has 0 bridgehead atoms. The van der Waals surface area contributed by atoms with Crippen molar-refractivity contribution in [3.05, 3.63) is 58.3 Å². The highest BCUT2D eigenvalue weighted by Crippen LogP contribution is 2.20. The smallest absolute Gasteiger partial charge is 0.341 e. The van der Waals surface area contributed by atoms with Crippen molar-refractivity contribution in [1.29, 1.82) is 0 Å². The third kappa shape index (κ3) is 4.53. The van der Waals surface area contributed by atoms with Crippen LogP contribution in [0.1, 0.15) is 17.3 Å². The topological polar surface area (TPSA) is 81.4 Å². The molecule has 1 atom stereocenters.